The molecule has 1 atom stereocenters. The Labute approximate surface area is 72.7 Å². The van der Waals surface area contributed by atoms with E-state index in [4.69, 9.17) is 4.74 Å². The second kappa shape index (κ2) is 3.54. The van der Waals surface area contributed by atoms with Gasteiger partial charge in [0.25, 0.3) is 0 Å². The van der Waals surface area contributed by atoms with Gasteiger partial charge in [-0.15, -0.1) is 0 Å². The van der Waals surface area contributed by atoms with E-state index in [-0.39, 0.29) is 0 Å². The maximum Gasteiger partial charge on any atom is 0.137 e. The van der Waals surface area contributed by atoms with Gasteiger partial charge in [-0.05, 0) is 6.42 Å². The molecule has 2 rings (SSSR count). The summed E-state index contributed by atoms with van der Waals surface area (Å²) in [6.07, 6.45) is 1.92. The second-order valence-electron chi connectivity index (χ2n) is 3.61. The molecule has 1 aliphatic carbocycles. The molecule has 1 aliphatic heterocycles. The SMILES string of the molecule is O=C1CCC1CN1CCOCC1. The quantitative estimate of drug-likeness (QED) is 0.595. The van der Waals surface area contributed by atoms with E-state index in [0.717, 1.165) is 45.7 Å². The zero-order valence-corrected chi connectivity index (χ0v) is 7.29. The minimum absolute atomic E-state index is 0.350. The molecular weight excluding hydrogens is 154 g/mol. The molecule has 0 amide bonds. The third kappa shape index (κ3) is 1.67. The first-order chi connectivity index (χ1) is 5.86. The van der Waals surface area contributed by atoms with Gasteiger partial charge >= 0.3 is 0 Å². The Bertz CT molecular complexity index is 175. The van der Waals surface area contributed by atoms with Crippen molar-refractivity contribution in [1.29, 1.82) is 0 Å². The van der Waals surface area contributed by atoms with E-state index in [1.807, 2.05) is 0 Å². The fraction of sp³-hybridized carbons (Fsp3) is 0.889. The van der Waals surface area contributed by atoms with Crippen LogP contribution in [0.4, 0.5) is 0 Å². The molecule has 0 aromatic carbocycles. The van der Waals surface area contributed by atoms with Crippen molar-refractivity contribution in [3.8, 4) is 0 Å². The predicted molar refractivity (Wildman–Crippen MR) is 45.0 cm³/mol. The predicted octanol–water partition coefficient (Wildman–Crippen LogP) is 0.298. The smallest absolute Gasteiger partial charge is 0.137 e. The summed E-state index contributed by atoms with van der Waals surface area (Å²) in [7, 11) is 0. The van der Waals surface area contributed by atoms with Gasteiger partial charge in [0.05, 0.1) is 13.2 Å². The molecule has 0 N–H and O–H groups in total. The molecule has 1 unspecified atom stereocenters. The highest BCUT2D eigenvalue weighted by Crippen LogP contribution is 2.23. The van der Waals surface area contributed by atoms with Crippen LogP contribution in [0.3, 0.4) is 0 Å². The van der Waals surface area contributed by atoms with Crippen LogP contribution < -0.4 is 0 Å². The van der Waals surface area contributed by atoms with Gasteiger partial charge in [0.15, 0.2) is 0 Å². The third-order valence-corrected chi connectivity index (χ3v) is 2.78. The van der Waals surface area contributed by atoms with Crippen molar-refractivity contribution in [3.63, 3.8) is 0 Å². The number of carbonyl (C=O) groups is 1. The fourth-order valence-electron chi connectivity index (χ4n) is 1.75. The van der Waals surface area contributed by atoms with Gasteiger partial charge in [-0.2, -0.15) is 0 Å². The van der Waals surface area contributed by atoms with E-state index in [9.17, 15) is 4.79 Å². The lowest BCUT2D eigenvalue weighted by molar-refractivity contribution is -0.130. The Kier molecular flexibility index (Phi) is 2.42. The van der Waals surface area contributed by atoms with Crippen LogP contribution in [-0.4, -0.2) is 43.5 Å². The number of rotatable bonds is 2. The average molecular weight is 169 g/mol. The van der Waals surface area contributed by atoms with E-state index in [1.54, 1.807) is 0 Å². The number of ketones is 1. The first kappa shape index (κ1) is 8.20. The zero-order chi connectivity index (χ0) is 8.39. The Hall–Kier alpha value is -0.410. The number of nitrogens with zero attached hydrogens (tertiary/aromatic N) is 1. The molecule has 1 saturated carbocycles. The van der Waals surface area contributed by atoms with Crippen LogP contribution in [0, 0.1) is 5.92 Å². The van der Waals surface area contributed by atoms with Crippen molar-refractivity contribution in [3.05, 3.63) is 0 Å². The number of hydrogen-bond donors (Lipinski definition) is 0. The molecule has 2 fully saturated rings. The number of ether oxygens (including phenoxy) is 1. The summed E-state index contributed by atoms with van der Waals surface area (Å²) in [6, 6.07) is 0. The summed E-state index contributed by atoms with van der Waals surface area (Å²) >= 11 is 0. The molecule has 3 heteroatoms. The number of carbonyl (C=O) groups excluding carboxylic acids is 1. The van der Waals surface area contributed by atoms with Crippen LogP contribution in [0.5, 0.6) is 0 Å². The van der Waals surface area contributed by atoms with E-state index in [2.05, 4.69) is 4.90 Å². The molecule has 0 radical (unpaired) electrons. The van der Waals surface area contributed by atoms with Crippen LogP contribution in [0.1, 0.15) is 12.8 Å². The second-order valence-corrected chi connectivity index (χ2v) is 3.61. The van der Waals surface area contributed by atoms with Crippen molar-refractivity contribution in [2.75, 3.05) is 32.8 Å². The lowest BCUT2D eigenvalue weighted by atomic mass is 9.83. The molecule has 1 saturated heterocycles. The van der Waals surface area contributed by atoms with Gasteiger partial charge in [0.2, 0.25) is 0 Å². The minimum atomic E-state index is 0.350. The topological polar surface area (TPSA) is 29.5 Å². The largest absolute Gasteiger partial charge is 0.379 e. The van der Waals surface area contributed by atoms with E-state index in [1.165, 1.54) is 0 Å². The van der Waals surface area contributed by atoms with Crippen molar-refractivity contribution in [2.45, 2.75) is 12.8 Å². The minimum Gasteiger partial charge on any atom is -0.379 e. The van der Waals surface area contributed by atoms with Gasteiger partial charge in [-0.3, -0.25) is 9.69 Å². The van der Waals surface area contributed by atoms with Gasteiger partial charge in [0, 0.05) is 32.0 Å². The van der Waals surface area contributed by atoms with Crippen LogP contribution >= 0.6 is 0 Å². The number of hydrogen-bond acceptors (Lipinski definition) is 3. The van der Waals surface area contributed by atoms with Crippen LogP contribution in [-0.2, 0) is 9.53 Å². The average Bonchev–Trinajstić information content (AvgIpc) is 2.14. The van der Waals surface area contributed by atoms with Gasteiger partial charge in [-0.25, -0.2) is 0 Å². The molecule has 0 aromatic heterocycles. The fourth-order valence-corrected chi connectivity index (χ4v) is 1.75. The lowest BCUT2D eigenvalue weighted by Gasteiger charge is -2.33. The molecular formula is C9H15NO2. The summed E-state index contributed by atoms with van der Waals surface area (Å²) in [5.74, 6) is 0.810. The normalized spacial score (nSPS) is 31.7. The zero-order valence-electron chi connectivity index (χ0n) is 7.29. The maximum absolute atomic E-state index is 11.0. The van der Waals surface area contributed by atoms with Gasteiger partial charge in [0.1, 0.15) is 5.78 Å². The highest BCUT2D eigenvalue weighted by atomic mass is 16.5. The molecule has 0 aromatic rings. The molecule has 68 valence electrons. The van der Waals surface area contributed by atoms with Crippen molar-refractivity contribution < 1.29 is 9.53 Å². The highest BCUT2D eigenvalue weighted by Gasteiger charge is 2.29. The Balaban J connectivity index is 1.74. The Morgan fingerprint density at radius 2 is 2.17 bits per heavy atom. The first-order valence-electron chi connectivity index (χ1n) is 4.69. The van der Waals surface area contributed by atoms with Crippen LogP contribution in [0.25, 0.3) is 0 Å². The highest BCUT2D eigenvalue weighted by molar-refractivity contribution is 5.86. The summed E-state index contributed by atoms with van der Waals surface area (Å²) in [5, 5.41) is 0. The number of Topliss-reactive ketones (excluding diaryl/α,β-unsaturated/α-hetero) is 1. The summed E-state index contributed by atoms with van der Waals surface area (Å²) in [6.45, 7) is 4.65. The van der Waals surface area contributed by atoms with E-state index >= 15 is 0 Å². The van der Waals surface area contributed by atoms with Crippen LogP contribution in [0.2, 0.25) is 0 Å². The monoisotopic (exact) mass is 169 g/mol. The maximum atomic E-state index is 11.0. The summed E-state index contributed by atoms with van der Waals surface area (Å²) < 4.78 is 5.23. The first-order valence-corrected chi connectivity index (χ1v) is 4.69. The van der Waals surface area contributed by atoms with E-state index < -0.39 is 0 Å². The van der Waals surface area contributed by atoms with Gasteiger partial charge < -0.3 is 4.74 Å². The van der Waals surface area contributed by atoms with Crippen molar-refractivity contribution in [2.24, 2.45) is 5.92 Å². The molecule has 0 spiro atoms. The summed E-state index contributed by atoms with van der Waals surface area (Å²) in [4.78, 5) is 13.4. The third-order valence-electron chi connectivity index (χ3n) is 2.78. The Morgan fingerprint density at radius 3 is 2.67 bits per heavy atom. The number of morpholine rings is 1. The van der Waals surface area contributed by atoms with Crippen molar-refractivity contribution in [1.82, 2.24) is 4.90 Å². The lowest BCUT2D eigenvalue weighted by Crippen LogP contribution is -2.43. The van der Waals surface area contributed by atoms with E-state index in [0.29, 0.717) is 11.7 Å². The van der Waals surface area contributed by atoms with Crippen molar-refractivity contribution >= 4 is 5.78 Å². The molecule has 1 heterocycles. The molecule has 0 bridgehead atoms. The standard InChI is InChI=1S/C9H15NO2/c11-9-2-1-8(9)7-10-3-5-12-6-4-10/h8H,1-7H2. The van der Waals surface area contributed by atoms with Crippen LogP contribution in [0.15, 0.2) is 0 Å². The van der Waals surface area contributed by atoms with Gasteiger partial charge in [-0.1, -0.05) is 0 Å². The summed E-state index contributed by atoms with van der Waals surface area (Å²) in [5.41, 5.74) is 0. The molecule has 3 nitrogen and oxygen atoms in total. The molecule has 12 heavy (non-hydrogen) atoms. The molecule has 2 aliphatic rings. The Morgan fingerprint density at radius 1 is 1.42 bits per heavy atom.